The molecule has 1 N–H and O–H groups in total. The Kier molecular flexibility index (Phi) is 5.48. The van der Waals surface area contributed by atoms with Gasteiger partial charge in [-0.3, -0.25) is 14.5 Å². The summed E-state index contributed by atoms with van der Waals surface area (Å²) in [5, 5.41) is 1.59. The van der Waals surface area contributed by atoms with Gasteiger partial charge in [0.1, 0.15) is 0 Å². The van der Waals surface area contributed by atoms with E-state index < -0.39 is 0 Å². The second kappa shape index (κ2) is 8.00. The molecule has 0 spiro atoms. The Labute approximate surface area is 163 Å². The number of aromatic nitrogens is 1. The van der Waals surface area contributed by atoms with Crippen LogP contribution in [0.15, 0.2) is 29.1 Å². The van der Waals surface area contributed by atoms with Crippen molar-refractivity contribution in [2.24, 2.45) is 5.92 Å². The van der Waals surface area contributed by atoms with Crippen LogP contribution in [-0.2, 0) is 16.1 Å². The molecule has 2 aliphatic heterocycles. The zero-order chi connectivity index (χ0) is 18.8. The maximum atomic E-state index is 12.6. The van der Waals surface area contributed by atoms with Crippen molar-refractivity contribution in [2.75, 3.05) is 39.4 Å². The third kappa shape index (κ3) is 4.18. The fourth-order valence-corrected chi connectivity index (χ4v) is 4.13. The maximum absolute atomic E-state index is 12.6. The van der Waals surface area contributed by atoms with Crippen LogP contribution >= 0.6 is 11.6 Å². The average molecular weight is 390 g/mol. The maximum Gasteiger partial charge on any atom is 0.252 e. The smallest absolute Gasteiger partial charge is 0.252 e. The molecule has 2 aromatic rings. The molecular weight excluding hydrogens is 366 g/mol. The lowest BCUT2D eigenvalue weighted by molar-refractivity contribution is -0.141. The summed E-state index contributed by atoms with van der Waals surface area (Å²) < 4.78 is 5.33. The van der Waals surface area contributed by atoms with E-state index in [0.29, 0.717) is 37.9 Å². The molecule has 27 heavy (non-hydrogen) atoms. The van der Waals surface area contributed by atoms with Crippen LogP contribution in [0.4, 0.5) is 0 Å². The molecule has 2 aliphatic rings. The fraction of sp³-hybridized carbons (Fsp3) is 0.500. The minimum atomic E-state index is -0.0729. The molecule has 0 saturated carbocycles. The van der Waals surface area contributed by atoms with E-state index in [9.17, 15) is 9.59 Å². The topological polar surface area (TPSA) is 65.6 Å². The van der Waals surface area contributed by atoms with E-state index in [4.69, 9.17) is 16.3 Å². The summed E-state index contributed by atoms with van der Waals surface area (Å²) in [5.74, 6) is 0.356. The number of morpholine rings is 1. The number of aromatic amines is 1. The molecule has 144 valence electrons. The fourth-order valence-electron chi connectivity index (χ4n) is 3.96. The molecular formula is C20H24ClN3O3. The number of carbonyl (C=O) groups is 1. The Balaban J connectivity index is 1.38. The molecule has 0 radical (unpaired) electrons. The Morgan fingerprint density at radius 3 is 2.63 bits per heavy atom. The second-order valence-electron chi connectivity index (χ2n) is 7.34. The van der Waals surface area contributed by atoms with Crippen LogP contribution in [0.5, 0.6) is 0 Å². The van der Waals surface area contributed by atoms with Crippen molar-refractivity contribution < 1.29 is 9.53 Å². The first kappa shape index (κ1) is 18.5. The van der Waals surface area contributed by atoms with E-state index in [2.05, 4.69) is 9.88 Å². The van der Waals surface area contributed by atoms with Crippen molar-refractivity contribution in [2.45, 2.75) is 19.4 Å². The van der Waals surface area contributed by atoms with Gasteiger partial charge in [-0.1, -0.05) is 17.7 Å². The molecule has 2 saturated heterocycles. The van der Waals surface area contributed by atoms with Gasteiger partial charge in [0.25, 0.3) is 5.56 Å². The number of ether oxygens (including phenoxy) is 1. The highest BCUT2D eigenvalue weighted by Gasteiger charge is 2.29. The number of carbonyl (C=O) groups excluding carboxylic acids is 1. The molecule has 1 aromatic carbocycles. The van der Waals surface area contributed by atoms with Crippen molar-refractivity contribution in [3.05, 3.63) is 45.2 Å². The summed E-state index contributed by atoms with van der Waals surface area (Å²) in [6.45, 7) is 4.95. The van der Waals surface area contributed by atoms with Gasteiger partial charge in [0.2, 0.25) is 5.91 Å². The molecule has 0 aliphatic carbocycles. The molecule has 0 unspecified atom stereocenters. The van der Waals surface area contributed by atoms with Gasteiger partial charge in [-0.05, 0) is 49.5 Å². The van der Waals surface area contributed by atoms with Gasteiger partial charge in [0.05, 0.1) is 13.2 Å². The van der Waals surface area contributed by atoms with Crippen LogP contribution in [-0.4, -0.2) is 60.1 Å². The number of H-pyrrole nitrogens is 1. The molecule has 7 heteroatoms. The van der Waals surface area contributed by atoms with Crippen LogP contribution in [0.3, 0.4) is 0 Å². The van der Waals surface area contributed by atoms with Crippen LogP contribution in [0.1, 0.15) is 18.4 Å². The van der Waals surface area contributed by atoms with Gasteiger partial charge < -0.3 is 14.6 Å². The predicted octanol–water partition coefficient (Wildman–Crippen LogP) is 2.25. The minimum absolute atomic E-state index is 0.0729. The number of benzene rings is 1. The molecule has 4 rings (SSSR count). The number of halogens is 1. The summed E-state index contributed by atoms with van der Waals surface area (Å²) in [6.07, 6.45) is 1.69. The standard InChI is InChI=1S/C20H24ClN3O3/c21-17-2-1-15-11-16(19(25)22-18(15)12-17)13-23-5-3-14(4-6-23)20(26)24-7-9-27-10-8-24/h1-2,11-12,14H,3-10,13H2,(H,22,25). The van der Waals surface area contributed by atoms with Crippen LogP contribution in [0, 0.1) is 5.92 Å². The summed E-state index contributed by atoms with van der Waals surface area (Å²) in [6, 6.07) is 7.46. The first-order valence-electron chi connectivity index (χ1n) is 9.50. The summed E-state index contributed by atoms with van der Waals surface area (Å²) in [5.41, 5.74) is 1.44. The number of nitrogens with zero attached hydrogens (tertiary/aromatic N) is 2. The van der Waals surface area contributed by atoms with Gasteiger partial charge in [-0.15, -0.1) is 0 Å². The van der Waals surface area contributed by atoms with Crippen molar-refractivity contribution in [3.63, 3.8) is 0 Å². The molecule has 1 aromatic heterocycles. The van der Waals surface area contributed by atoms with E-state index in [1.165, 1.54) is 0 Å². The summed E-state index contributed by atoms with van der Waals surface area (Å²) in [7, 11) is 0. The molecule has 6 nitrogen and oxygen atoms in total. The molecule has 0 bridgehead atoms. The van der Waals surface area contributed by atoms with E-state index >= 15 is 0 Å². The highest BCUT2D eigenvalue weighted by atomic mass is 35.5. The van der Waals surface area contributed by atoms with Crippen LogP contribution in [0.25, 0.3) is 10.9 Å². The highest BCUT2D eigenvalue weighted by molar-refractivity contribution is 6.31. The Morgan fingerprint density at radius 1 is 1.15 bits per heavy atom. The zero-order valence-electron chi connectivity index (χ0n) is 15.2. The quantitative estimate of drug-likeness (QED) is 0.874. The molecule has 3 heterocycles. The third-order valence-corrected chi connectivity index (χ3v) is 5.77. The predicted molar refractivity (Wildman–Crippen MR) is 105 cm³/mol. The monoisotopic (exact) mass is 389 g/mol. The number of nitrogens with one attached hydrogen (secondary N) is 1. The number of likely N-dealkylation sites (tertiary alicyclic amines) is 1. The van der Waals surface area contributed by atoms with Gasteiger partial charge in [0, 0.05) is 41.7 Å². The van der Waals surface area contributed by atoms with Gasteiger partial charge in [-0.2, -0.15) is 0 Å². The van der Waals surface area contributed by atoms with E-state index in [1.54, 1.807) is 6.07 Å². The number of amides is 1. The number of pyridine rings is 1. The number of hydrogen-bond acceptors (Lipinski definition) is 4. The van der Waals surface area contributed by atoms with E-state index in [-0.39, 0.29) is 17.4 Å². The minimum Gasteiger partial charge on any atom is -0.378 e. The first-order valence-corrected chi connectivity index (χ1v) is 9.88. The lowest BCUT2D eigenvalue weighted by Crippen LogP contribution is -2.46. The van der Waals surface area contributed by atoms with E-state index in [0.717, 1.165) is 42.4 Å². The Morgan fingerprint density at radius 2 is 1.89 bits per heavy atom. The Hall–Kier alpha value is -1.89. The molecule has 0 atom stereocenters. The summed E-state index contributed by atoms with van der Waals surface area (Å²) >= 11 is 5.99. The van der Waals surface area contributed by atoms with Crippen LogP contribution in [0.2, 0.25) is 5.02 Å². The normalized spacial score (nSPS) is 19.5. The van der Waals surface area contributed by atoms with Gasteiger partial charge >= 0.3 is 0 Å². The van der Waals surface area contributed by atoms with Gasteiger partial charge in [0.15, 0.2) is 0 Å². The van der Waals surface area contributed by atoms with Crippen molar-refractivity contribution in [3.8, 4) is 0 Å². The number of fused-ring (bicyclic) bond motifs is 1. The second-order valence-corrected chi connectivity index (χ2v) is 7.78. The summed E-state index contributed by atoms with van der Waals surface area (Å²) in [4.78, 5) is 32.1. The number of piperidine rings is 1. The largest absolute Gasteiger partial charge is 0.378 e. The number of rotatable bonds is 3. The van der Waals surface area contributed by atoms with Crippen molar-refractivity contribution >= 4 is 28.4 Å². The first-order chi connectivity index (χ1) is 13.1. The SMILES string of the molecule is O=C(C1CCN(Cc2cc3ccc(Cl)cc3[nH]c2=O)CC1)N1CCOCC1. The highest BCUT2D eigenvalue weighted by Crippen LogP contribution is 2.22. The lowest BCUT2D eigenvalue weighted by atomic mass is 9.94. The van der Waals surface area contributed by atoms with Crippen LogP contribution < -0.4 is 5.56 Å². The Bertz CT molecular complexity index is 884. The third-order valence-electron chi connectivity index (χ3n) is 5.54. The van der Waals surface area contributed by atoms with E-state index in [1.807, 2.05) is 23.1 Å². The average Bonchev–Trinajstić information content (AvgIpc) is 2.69. The molecule has 2 fully saturated rings. The zero-order valence-corrected chi connectivity index (χ0v) is 16.0. The van der Waals surface area contributed by atoms with Crippen molar-refractivity contribution in [1.82, 2.24) is 14.8 Å². The lowest BCUT2D eigenvalue weighted by Gasteiger charge is -2.35. The van der Waals surface area contributed by atoms with Gasteiger partial charge in [-0.25, -0.2) is 0 Å². The molecule has 1 amide bonds. The van der Waals surface area contributed by atoms with Crippen molar-refractivity contribution in [1.29, 1.82) is 0 Å². The number of hydrogen-bond donors (Lipinski definition) is 1.